The summed E-state index contributed by atoms with van der Waals surface area (Å²) in [5.74, 6) is 0.397. The first kappa shape index (κ1) is 12.7. The highest BCUT2D eigenvalue weighted by molar-refractivity contribution is 5.82. The molecule has 0 fully saturated rings. The average molecular weight is 284 g/mol. The number of furan rings is 1. The first-order valence-corrected chi connectivity index (χ1v) is 5.90. The Balaban J connectivity index is 2.20. The van der Waals surface area contributed by atoms with E-state index >= 15 is 0 Å². The number of nitro groups is 1. The number of hydrogen-bond acceptors (Lipinski definition) is 6. The van der Waals surface area contributed by atoms with Crippen molar-refractivity contribution < 1.29 is 14.1 Å². The van der Waals surface area contributed by atoms with Crippen molar-refractivity contribution in [3.63, 3.8) is 0 Å². The van der Waals surface area contributed by atoms with Crippen LogP contribution in [0.4, 0.5) is 5.69 Å². The van der Waals surface area contributed by atoms with E-state index in [0.29, 0.717) is 23.4 Å². The molecule has 3 aromatic rings. The van der Waals surface area contributed by atoms with Crippen molar-refractivity contribution in [2.75, 3.05) is 0 Å². The van der Waals surface area contributed by atoms with Gasteiger partial charge in [0.1, 0.15) is 5.69 Å². The van der Waals surface area contributed by atoms with Crippen LogP contribution in [0.2, 0.25) is 0 Å². The molecule has 0 bridgehead atoms. The molecule has 0 aliphatic heterocycles. The van der Waals surface area contributed by atoms with Crippen molar-refractivity contribution in [2.24, 2.45) is 0 Å². The smallest absolute Gasteiger partial charge is 0.271 e. The summed E-state index contributed by atoms with van der Waals surface area (Å²) in [6.07, 6.45) is 2.01. The normalized spacial score (nSPS) is 10.5. The molecule has 8 heteroatoms. The van der Waals surface area contributed by atoms with E-state index in [1.165, 1.54) is 29.1 Å². The van der Waals surface area contributed by atoms with E-state index in [1.807, 2.05) is 0 Å². The third kappa shape index (κ3) is 2.18. The van der Waals surface area contributed by atoms with Crippen LogP contribution in [0.1, 0.15) is 10.5 Å². The second-order valence-electron chi connectivity index (χ2n) is 4.11. The summed E-state index contributed by atoms with van der Waals surface area (Å²) in [6, 6.07) is 9.18. The monoisotopic (exact) mass is 284 g/mol. The predicted octanol–water partition coefficient (Wildman–Crippen LogP) is 2.25. The third-order valence-electron chi connectivity index (χ3n) is 2.85. The number of aldehydes is 1. The highest BCUT2D eigenvalue weighted by Gasteiger charge is 2.19. The van der Waals surface area contributed by atoms with Crippen molar-refractivity contribution >= 4 is 12.0 Å². The lowest BCUT2D eigenvalue weighted by Gasteiger charge is -2.04. The maximum Gasteiger partial charge on any atom is 0.271 e. The van der Waals surface area contributed by atoms with Crippen molar-refractivity contribution in [3.05, 3.63) is 58.5 Å². The quantitative estimate of drug-likeness (QED) is 0.413. The molecule has 0 saturated heterocycles. The standard InChI is InChI=1S/C13H8N4O4/c18-8-11-13(12-5-2-6-21-12)16(15-14-11)9-3-1-4-10(7-9)17(19)20/h1-8H. The Labute approximate surface area is 117 Å². The van der Waals surface area contributed by atoms with Crippen molar-refractivity contribution in [1.29, 1.82) is 0 Å². The van der Waals surface area contributed by atoms with Gasteiger partial charge in [-0.25, -0.2) is 4.68 Å². The molecule has 0 radical (unpaired) electrons. The van der Waals surface area contributed by atoms with E-state index in [0.717, 1.165) is 0 Å². The second-order valence-corrected chi connectivity index (χ2v) is 4.11. The molecule has 2 heterocycles. The largest absolute Gasteiger partial charge is 0.463 e. The topological polar surface area (TPSA) is 104 Å². The first-order chi connectivity index (χ1) is 10.2. The lowest BCUT2D eigenvalue weighted by molar-refractivity contribution is -0.384. The minimum absolute atomic E-state index is 0.0824. The van der Waals surface area contributed by atoms with Gasteiger partial charge in [0.2, 0.25) is 0 Å². The Morgan fingerprint density at radius 3 is 2.81 bits per heavy atom. The third-order valence-corrected chi connectivity index (χ3v) is 2.85. The number of non-ortho nitro benzene ring substituents is 1. The fraction of sp³-hybridized carbons (Fsp3) is 0. The fourth-order valence-corrected chi connectivity index (χ4v) is 1.94. The van der Waals surface area contributed by atoms with Gasteiger partial charge < -0.3 is 4.42 Å². The molecule has 104 valence electrons. The zero-order valence-corrected chi connectivity index (χ0v) is 10.5. The summed E-state index contributed by atoms with van der Waals surface area (Å²) in [6.45, 7) is 0. The highest BCUT2D eigenvalue weighted by atomic mass is 16.6. The number of carbonyl (C=O) groups is 1. The Hall–Kier alpha value is -3.29. The number of aromatic nitrogens is 3. The molecular formula is C13H8N4O4. The summed E-state index contributed by atoms with van der Waals surface area (Å²) in [5.41, 5.74) is 0.768. The summed E-state index contributed by atoms with van der Waals surface area (Å²) in [4.78, 5) is 21.4. The van der Waals surface area contributed by atoms with Gasteiger partial charge in [0.15, 0.2) is 17.7 Å². The minimum Gasteiger partial charge on any atom is -0.463 e. The van der Waals surface area contributed by atoms with E-state index in [2.05, 4.69) is 10.3 Å². The van der Waals surface area contributed by atoms with Crippen LogP contribution in [-0.4, -0.2) is 26.2 Å². The zero-order chi connectivity index (χ0) is 14.8. The highest BCUT2D eigenvalue weighted by Crippen LogP contribution is 2.26. The van der Waals surface area contributed by atoms with Crippen LogP contribution >= 0.6 is 0 Å². The molecular weight excluding hydrogens is 276 g/mol. The minimum atomic E-state index is -0.506. The van der Waals surface area contributed by atoms with Gasteiger partial charge in [0.05, 0.1) is 16.9 Å². The molecule has 0 atom stereocenters. The lowest BCUT2D eigenvalue weighted by atomic mass is 10.2. The van der Waals surface area contributed by atoms with Crippen LogP contribution in [0.5, 0.6) is 0 Å². The van der Waals surface area contributed by atoms with Crippen LogP contribution in [-0.2, 0) is 0 Å². The van der Waals surface area contributed by atoms with Crippen LogP contribution in [0, 0.1) is 10.1 Å². The molecule has 0 N–H and O–H groups in total. The van der Waals surface area contributed by atoms with Gasteiger partial charge in [0, 0.05) is 12.1 Å². The molecule has 2 aromatic heterocycles. The van der Waals surface area contributed by atoms with E-state index < -0.39 is 4.92 Å². The SMILES string of the molecule is O=Cc1nnn(-c2cccc([N+](=O)[O-])c2)c1-c1ccco1. The molecule has 0 saturated carbocycles. The summed E-state index contributed by atoms with van der Waals surface area (Å²) in [5, 5.41) is 18.5. The number of nitrogens with zero attached hydrogens (tertiary/aromatic N) is 4. The van der Waals surface area contributed by atoms with E-state index in [9.17, 15) is 14.9 Å². The average Bonchev–Trinajstić information content (AvgIpc) is 3.15. The second kappa shape index (κ2) is 5.00. The van der Waals surface area contributed by atoms with Gasteiger partial charge in [-0.2, -0.15) is 0 Å². The molecule has 0 amide bonds. The van der Waals surface area contributed by atoms with Crippen LogP contribution in [0.3, 0.4) is 0 Å². The van der Waals surface area contributed by atoms with E-state index in [4.69, 9.17) is 4.42 Å². The first-order valence-electron chi connectivity index (χ1n) is 5.90. The van der Waals surface area contributed by atoms with Crippen molar-refractivity contribution in [3.8, 4) is 17.1 Å². The summed E-state index contributed by atoms with van der Waals surface area (Å²) >= 11 is 0. The van der Waals surface area contributed by atoms with E-state index in [1.54, 1.807) is 18.2 Å². The van der Waals surface area contributed by atoms with Crippen molar-refractivity contribution in [1.82, 2.24) is 15.0 Å². The van der Waals surface area contributed by atoms with Gasteiger partial charge >= 0.3 is 0 Å². The summed E-state index contributed by atoms with van der Waals surface area (Å²) < 4.78 is 6.60. The van der Waals surface area contributed by atoms with Crippen LogP contribution in [0.25, 0.3) is 17.1 Å². The molecule has 0 unspecified atom stereocenters. The maximum atomic E-state index is 11.1. The zero-order valence-electron chi connectivity index (χ0n) is 10.5. The van der Waals surface area contributed by atoms with Gasteiger partial charge in [0.25, 0.3) is 5.69 Å². The molecule has 8 nitrogen and oxygen atoms in total. The molecule has 0 aliphatic carbocycles. The summed E-state index contributed by atoms with van der Waals surface area (Å²) in [7, 11) is 0. The molecule has 21 heavy (non-hydrogen) atoms. The predicted molar refractivity (Wildman–Crippen MR) is 71.1 cm³/mol. The van der Waals surface area contributed by atoms with Gasteiger partial charge in [-0.15, -0.1) is 5.10 Å². The molecule has 1 aromatic carbocycles. The Morgan fingerprint density at radius 2 is 2.14 bits per heavy atom. The Morgan fingerprint density at radius 1 is 1.29 bits per heavy atom. The van der Waals surface area contributed by atoms with Gasteiger partial charge in [-0.05, 0) is 18.2 Å². The number of rotatable bonds is 4. The Bertz CT molecular complexity index is 807. The van der Waals surface area contributed by atoms with Gasteiger partial charge in [-0.3, -0.25) is 14.9 Å². The number of nitro benzene ring substituents is 1. The molecule has 0 aliphatic rings. The van der Waals surface area contributed by atoms with Crippen LogP contribution < -0.4 is 0 Å². The number of hydrogen-bond donors (Lipinski definition) is 0. The van der Waals surface area contributed by atoms with Crippen molar-refractivity contribution in [2.45, 2.75) is 0 Å². The van der Waals surface area contributed by atoms with Gasteiger partial charge in [-0.1, -0.05) is 11.3 Å². The fourth-order valence-electron chi connectivity index (χ4n) is 1.94. The number of benzene rings is 1. The Kier molecular flexibility index (Phi) is 3.03. The molecule has 0 spiro atoms. The molecule has 3 rings (SSSR count). The maximum absolute atomic E-state index is 11.1. The lowest BCUT2D eigenvalue weighted by Crippen LogP contribution is -2.00. The number of carbonyl (C=O) groups excluding carboxylic acids is 1. The van der Waals surface area contributed by atoms with Crippen LogP contribution in [0.15, 0.2) is 47.1 Å². The van der Waals surface area contributed by atoms with E-state index in [-0.39, 0.29) is 11.4 Å².